The van der Waals surface area contributed by atoms with Gasteiger partial charge in [-0.25, -0.2) is 9.97 Å². The fourth-order valence-corrected chi connectivity index (χ4v) is 13.2. The smallest absolute Gasteiger partial charge is 0.160 e. The van der Waals surface area contributed by atoms with E-state index in [2.05, 4.69) is 218 Å². The topological polar surface area (TPSA) is 30.2 Å². The SMILES string of the molecule is CC1(C)c2ccc(-c3cccc(-c4cccc5c6cccc7c8ccc(-c9cccc%10c9sc9ccccc9%10)cc8n(c45)c76)c3)cc2-c2cc(-c3cc(-c4ccccc4)nc(-c4ccccc4)n3)ccc21. The predicted octanol–water partition coefficient (Wildman–Crippen LogP) is 18.3. The van der Waals surface area contributed by atoms with Gasteiger partial charge in [-0.3, -0.25) is 0 Å². The van der Waals surface area contributed by atoms with Gasteiger partial charge in [-0.15, -0.1) is 11.3 Å². The van der Waals surface area contributed by atoms with Crippen molar-refractivity contribution in [2.75, 3.05) is 0 Å². The Hall–Kier alpha value is -8.70. The fourth-order valence-electron chi connectivity index (χ4n) is 11.9. The summed E-state index contributed by atoms with van der Waals surface area (Å²) in [6.07, 6.45) is 0. The van der Waals surface area contributed by atoms with Gasteiger partial charge in [0.25, 0.3) is 0 Å². The monoisotopic (exact) mass is 921 g/mol. The zero-order valence-electron chi connectivity index (χ0n) is 39.1. The number of para-hydroxylation sites is 2. The zero-order valence-corrected chi connectivity index (χ0v) is 39.9. The molecule has 3 nitrogen and oxygen atoms in total. The normalized spacial score (nSPS) is 13.0. The summed E-state index contributed by atoms with van der Waals surface area (Å²) < 4.78 is 5.22. The highest BCUT2D eigenvalue weighted by atomic mass is 32.1. The van der Waals surface area contributed by atoms with Crippen LogP contribution >= 0.6 is 11.3 Å². The standard InChI is InChI=1S/C67H43N3S/c1-67(2)57-33-30-43(36-55(57)56-37-46(31-34-58(56)67)60-39-59(40-15-5-3-6-16-40)68-66(69-60)41-17-7-4-8-18-41)42-19-11-20-44(35-42)47-22-12-25-52-53-26-14-24-51-49-32-29-45(38-61(49)70(63(47)52)64(51)53)48-23-13-27-54-50-21-9-10-28-62(50)71-65(48)54/h3-39H,1-2H3. The largest absolute Gasteiger partial charge is 0.307 e. The Morgan fingerprint density at radius 3 is 1.68 bits per heavy atom. The second-order valence-electron chi connectivity index (χ2n) is 19.7. The molecule has 1 aliphatic carbocycles. The minimum atomic E-state index is -0.158. The van der Waals surface area contributed by atoms with Crippen molar-refractivity contribution in [1.82, 2.24) is 14.4 Å². The van der Waals surface area contributed by atoms with Crippen LogP contribution in [0.1, 0.15) is 25.0 Å². The Bertz CT molecular complexity index is 4420. The molecule has 0 amide bonds. The lowest BCUT2D eigenvalue weighted by Crippen LogP contribution is -2.14. The first-order chi connectivity index (χ1) is 34.9. The van der Waals surface area contributed by atoms with E-state index in [0.717, 1.165) is 33.9 Å². The van der Waals surface area contributed by atoms with Gasteiger partial charge in [0.2, 0.25) is 0 Å². The van der Waals surface area contributed by atoms with Crippen molar-refractivity contribution in [1.29, 1.82) is 0 Å². The van der Waals surface area contributed by atoms with Crippen molar-refractivity contribution in [2.24, 2.45) is 0 Å². The van der Waals surface area contributed by atoms with Crippen LogP contribution in [-0.4, -0.2) is 14.4 Å². The van der Waals surface area contributed by atoms with E-state index >= 15 is 0 Å². The molecule has 1 aliphatic rings. The van der Waals surface area contributed by atoms with Crippen LogP contribution in [0.25, 0.3) is 137 Å². The minimum Gasteiger partial charge on any atom is -0.307 e. The number of thiophene rings is 1. The quantitative estimate of drug-likeness (QED) is 0.166. The predicted molar refractivity (Wildman–Crippen MR) is 300 cm³/mol. The van der Waals surface area contributed by atoms with Gasteiger partial charge in [-0.05, 0) is 86.5 Å². The third-order valence-electron chi connectivity index (χ3n) is 15.4. The van der Waals surface area contributed by atoms with E-state index < -0.39 is 0 Å². The number of fused-ring (bicyclic) bond motifs is 12. The molecule has 332 valence electrons. The number of benzene rings is 10. The molecule has 0 radical (unpaired) electrons. The minimum absolute atomic E-state index is 0.158. The Labute approximate surface area is 415 Å². The molecule has 14 aromatic rings. The van der Waals surface area contributed by atoms with Gasteiger partial charge < -0.3 is 4.40 Å². The average Bonchev–Trinajstić information content (AvgIpc) is 4.15. The van der Waals surface area contributed by atoms with Crippen molar-refractivity contribution in [3.63, 3.8) is 0 Å². The van der Waals surface area contributed by atoms with Gasteiger partial charge in [0.15, 0.2) is 5.82 Å². The van der Waals surface area contributed by atoms with Gasteiger partial charge >= 0.3 is 0 Å². The molecule has 15 rings (SSSR count). The third kappa shape index (κ3) is 6.02. The molecule has 0 saturated heterocycles. The van der Waals surface area contributed by atoms with Gasteiger partial charge in [-0.1, -0.05) is 202 Å². The second kappa shape index (κ2) is 15.1. The summed E-state index contributed by atoms with van der Waals surface area (Å²) in [4.78, 5) is 10.3. The van der Waals surface area contributed by atoms with E-state index in [4.69, 9.17) is 9.97 Å². The van der Waals surface area contributed by atoms with E-state index in [-0.39, 0.29) is 5.41 Å². The van der Waals surface area contributed by atoms with Crippen LogP contribution in [0.2, 0.25) is 0 Å². The average molecular weight is 922 g/mol. The van der Waals surface area contributed by atoms with Crippen LogP contribution in [0.3, 0.4) is 0 Å². The van der Waals surface area contributed by atoms with E-state index in [9.17, 15) is 0 Å². The number of aromatic nitrogens is 3. The maximum Gasteiger partial charge on any atom is 0.160 e. The summed E-state index contributed by atoms with van der Waals surface area (Å²) in [5, 5.41) is 7.77. The van der Waals surface area contributed by atoms with Crippen LogP contribution in [0, 0.1) is 0 Å². The Morgan fingerprint density at radius 1 is 0.352 bits per heavy atom. The molecule has 71 heavy (non-hydrogen) atoms. The van der Waals surface area contributed by atoms with Crippen molar-refractivity contribution >= 4 is 69.6 Å². The van der Waals surface area contributed by atoms with Gasteiger partial charge in [0.05, 0.1) is 27.9 Å². The molecular formula is C67H43N3S. The fraction of sp³-hybridized carbons (Fsp3) is 0.0448. The Balaban J connectivity index is 0.861. The molecule has 0 bridgehead atoms. The Kier molecular flexibility index (Phi) is 8.58. The van der Waals surface area contributed by atoms with Crippen molar-refractivity contribution < 1.29 is 0 Å². The number of nitrogens with zero attached hydrogens (tertiary/aromatic N) is 3. The highest BCUT2D eigenvalue weighted by Gasteiger charge is 2.36. The lowest BCUT2D eigenvalue weighted by Gasteiger charge is -2.21. The molecule has 0 spiro atoms. The molecule has 0 atom stereocenters. The van der Waals surface area contributed by atoms with Crippen molar-refractivity contribution in [3.8, 4) is 78.4 Å². The molecule has 0 saturated carbocycles. The highest BCUT2D eigenvalue weighted by Crippen LogP contribution is 2.51. The molecule has 0 N–H and O–H groups in total. The molecule has 4 aromatic heterocycles. The first kappa shape index (κ1) is 40.2. The van der Waals surface area contributed by atoms with E-state index in [1.54, 1.807) is 0 Å². The molecule has 4 heteroatoms. The Morgan fingerprint density at radius 2 is 0.887 bits per heavy atom. The molecule has 0 aliphatic heterocycles. The summed E-state index contributed by atoms with van der Waals surface area (Å²) in [5.74, 6) is 0.721. The number of rotatable bonds is 6. The van der Waals surface area contributed by atoms with Crippen LogP contribution in [0.5, 0.6) is 0 Å². The lowest BCUT2D eigenvalue weighted by atomic mass is 9.82. The summed E-state index contributed by atoms with van der Waals surface area (Å²) in [6, 6.07) is 82.4. The number of hydrogen-bond donors (Lipinski definition) is 0. The van der Waals surface area contributed by atoms with Crippen LogP contribution in [-0.2, 0) is 5.41 Å². The summed E-state index contributed by atoms with van der Waals surface area (Å²) in [5.41, 5.74) is 21.1. The number of hydrogen-bond acceptors (Lipinski definition) is 3. The first-order valence-corrected chi connectivity index (χ1v) is 25.3. The van der Waals surface area contributed by atoms with Crippen LogP contribution < -0.4 is 0 Å². The lowest BCUT2D eigenvalue weighted by molar-refractivity contribution is 0.660. The second-order valence-corrected chi connectivity index (χ2v) is 20.7. The third-order valence-corrected chi connectivity index (χ3v) is 16.6. The van der Waals surface area contributed by atoms with Crippen LogP contribution in [0.4, 0.5) is 0 Å². The van der Waals surface area contributed by atoms with Crippen LogP contribution in [0.15, 0.2) is 224 Å². The molecule has 10 aromatic carbocycles. The zero-order chi connectivity index (χ0) is 47.0. The molecule has 0 unspecified atom stereocenters. The van der Waals surface area contributed by atoms with Crippen molar-refractivity contribution in [2.45, 2.75) is 19.3 Å². The summed E-state index contributed by atoms with van der Waals surface area (Å²) >= 11 is 1.89. The summed E-state index contributed by atoms with van der Waals surface area (Å²) in [7, 11) is 0. The van der Waals surface area contributed by atoms with Gasteiger partial charge in [0, 0.05) is 69.4 Å². The maximum absolute atomic E-state index is 5.21. The maximum atomic E-state index is 5.21. The molecule has 4 heterocycles. The highest BCUT2D eigenvalue weighted by molar-refractivity contribution is 7.26. The first-order valence-electron chi connectivity index (χ1n) is 24.5. The van der Waals surface area contributed by atoms with E-state index in [1.165, 1.54) is 114 Å². The van der Waals surface area contributed by atoms with Gasteiger partial charge in [0.1, 0.15) is 0 Å². The molecule has 0 fully saturated rings. The van der Waals surface area contributed by atoms with Gasteiger partial charge in [-0.2, -0.15) is 0 Å². The molecular weight excluding hydrogens is 879 g/mol. The van der Waals surface area contributed by atoms with E-state index in [0.29, 0.717) is 0 Å². The van der Waals surface area contributed by atoms with Crippen molar-refractivity contribution in [3.05, 3.63) is 236 Å². The summed E-state index contributed by atoms with van der Waals surface area (Å²) in [6.45, 7) is 4.71. The van der Waals surface area contributed by atoms with E-state index in [1.807, 2.05) is 35.6 Å².